The van der Waals surface area contributed by atoms with Crippen molar-refractivity contribution in [1.82, 2.24) is 0 Å². The summed E-state index contributed by atoms with van der Waals surface area (Å²) < 4.78 is 0. The molecule has 0 atom stereocenters. The molecule has 4 heteroatoms. The normalized spacial score (nSPS) is 11.6. The Morgan fingerprint density at radius 2 is 1.62 bits per heavy atom. The number of benzene rings is 2. The summed E-state index contributed by atoms with van der Waals surface area (Å²) >= 11 is 0. The van der Waals surface area contributed by atoms with E-state index in [1.165, 1.54) is 41.5 Å². The predicted octanol–water partition coefficient (Wildman–Crippen LogP) is 5.93. The number of carbonyl (C=O) groups is 1. The number of allylic oxidation sites excluding steroid dienone is 5. The van der Waals surface area contributed by atoms with E-state index in [1.54, 1.807) is 18.2 Å². The summed E-state index contributed by atoms with van der Waals surface area (Å²) in [5.41, 5.74) is 3.98. The number of ketones is 1. The van der Waals surface area contributed by atoms with E-state index in [1.807, 2.05) is 13.0 Å². The van der Waals surface area contributed by atoms with Crippen LogP contribution in [0.5, 0.6) is 17.2 Å². The van der Waals surface area contributed by atoms with Gasteiger partial charge in [0.25, 0.3) is 0 Å². The zero-order valence-corrected chi connectivity index (χ0v) is 17.1. The van der Waals surface area contributed by atoms with Gasteiger partial charge >= 0.3 is 0 Å². The van der Waals surface area contributed by atoms with Crippen LogP contribution in [0.3, 0.4) is 0 Å². The predicted molar refractivity (Wildman–Crippen MR) is 117 cm³/mol. The Morgan fingerprint density at radius 3 is 2.28 bits per heavy atom. The van der Waals surface area contributed by atoms with Gasteiger partial charge in [-0.15, -0.1) is 0 Å². The summed E-state index contributed by atoms with van der Waals surface area (Å²) in [4.78, 5) is 12.5. The van der Waals surface area contributed by atoms with Gasteiger partial charge in [-0.2, -0.15) is 0 Å². The molecule has 3 N–H and O–H groups in total. The third-order valence-electron chi connectivity index (χ3n) is 4.54. The van der Waals surface area contributed by atoms with Crippen LogP contribution >= 0.6 is 0 Å². The minimum absolute atomic E-state index is 0.0325. The maximum atomic E-state index is 12.5. The largest absolute Gasteiger partial charge is 0.508 e. The van der Waals surface area contributed by atoms with Crippen LogP contribution in [0.25, 0.3) is 6.08 Å². The topological polar surface area (TPSA) is 77.8 Å². The van der Waals surface area contributed by atoms with Gasteiger partial charge in [0, 0.05) is 6.07 Å². The Bertz CT molecular complexity index is 944. The molecule has 0 aliphatic heterocycles. The number of phenolic OH excluding ortho intramolecular Hbond substituents is 3. The number of hydrogen-bond donors (Lipinski definition) is 3. The van der Waals surface area contributed by atoms with Crippen LogP contribution < -0.4 is 0 Å². The van der Waals surface area contributed by atoms with E-state index in [2.05, 4.69) is 19.9 Å². The molecule has 0 unspecified atom stereocenters. The molecule has 0 saturated heterocycles. The van der Waals surface area contributed by atoms with Gasteiger partial charge in [0.15, 0.2) is 5.78 Å². The maximum Gasteiger partial charge on any atom is 0.189 e. The van der Waals surface area contributed by atoms with Gasteiger partial charge in [0.1, 0.15) is 17.2 Å². The van der Waals surface area contributed by atoms with Crippen molar-refractivity contribution in [3.63, 3.8) is 0 Å². The molecule has 0 aliphatic carbocycles. The van der Waals surface area contributed by atoms with Gasteiger partial charge in [-0.25, -0.2) is 0 Å². The van der Waals surface area contributed by atoms with E-state index in [0.29, 0.717) is 12.0 Å². The summed E-state index contributed by atoms with van der Waals surface area (Å²) in [5.74, 6) is -0.495. The summed E-state index contributed by atoms with van der Waals surface area (Å²) in [6.45, 7) is 6.19. The first-order chi connectivity index (χ1) is 13.8. The zero-order valence-electron chi connectivity index (χ0n) is 17.1. The third kappa shape index (κ3) is 7.00. The second-order valence-corrected chi connectivity index (χ2v) is 7.36. The van der Waals surface area contributed by atoms with Crippen LogP contribution in [-0.2, 0) is 6.42 Å². The van der Waals surface area contributed by atoms with Crippen molar-refractivity contribution in [3.8, 4) is 17.2 Å². The molecule has 0 fully saturated rings. The first-order valence-electron chi connectivity index (χ1n) is 9.61. The molecule has 0 aliphatic rings. The van der Waals surface area contributed by atoms with E-state index in [4.69, 9.17) is 0 Å². The van der Waals surface area contributed by atoms with Crippen molar-refractivity contribution in [1.29, 1.82) is 0 Å². The minimum atomic E-state index is -0.360. The van der Waals surface area contributed by atoms with Gasteiger partial charge in [-0.3, -0.25) is 4.79 Å². The van der Waals surface area contributed by atoms with Crippen molar-refractivity contribution < 1.29 is 20.1 Å². The molecule has 0 amide bonds. The van der Waals surface area contributed by atoms with E-state index < -0.39 is 0 Å². The highest BCUT2D eigenvalue weighted by atomic mass is 16.3. The number of rotatable bonds is 8. The zero-order chi connectivity index (χ0) is 21.4. The molecule has 2 rings (SSSR count). The summed E-state index contributed by atoms with van der Waals surface area (Å²) in [6, 6.07) is 9.19. The molecule has 0 spiro atoms. The van der Waals surface area contributed by atoms with Crippen LogP contribution in [0.4, 0.5) is 0 Å². The standard InChI is InChI=1S/C25H28O4/c1-17(2)5-4-6-18(3)7-11-20-15-22(25(29)16-24(20)28)23(27)14-10-19-8-12-21(26)13-9-19/h5,7-10,12-16,26,28-29H,4,6,11H2,1-3H3/b14-10+,18-7+. The van der Waals surface area contributed by atoms with Gasteiger partial charge in [-0.1, -0.05) is 41.5 Å². The lowest BCUT2D eigenvalue weighted by Gasteiger charge is -2.08. The lowest BCUT2D eigenvalue weighted by atomic mass is 10.0. The molecule has 0 aromatic heterocycles. The molecular weight excluding hydrogens is 364 g/mol. The van der Waals surface area contributed by atoms with E-state index >= 15 is 0 Å². The molecule has 4 nitrogen and oxygen atoms in total. The fraction of sp³-hybridized carbons (Fsp3) is 0.240. The fourth-order valence-electron chi connectivity index (χ4n) is 2.80. The van der Waals surface area contributed by atoms with Gasteiger partial charge in [0.05, 0.1) is 5.56 Å². The molecule has 0 bridgehead atoms. The minimum Gasteiger partial charge on any atom is -0.508 e. The van der Waals surface area contributed by atoms with Crippen molar-refractivity contribution in [3.05, 3.63) is 82.5 Å². The average Bonchev–Trinajstić information content (AvgIpc) is 2.66. The molecule has 2 aromatic rings. The van der Waals surface area contributed by atoms with Crippen LogP contribution in [0.2, 0.25) is 0 Å². The van der Waals surface area contributed by atoms with Crippen LogP contribution in [-0.4, -0.2) is 21.1 Å². The van der Waals surface area contributed by atoms with Gasteiger partial charge < -0.3 is 15.3 Å². The van der Waals surface area contributed by atoms with E-state index in [9.17, 15) is 20.1 Å². The highest BCUT2D eigenvalue weighted by Gasteiger charge is 2.13. The van der Waals surface area contributed by atoms with E-state index in [-0.39, 0.29) is 28.6 Å². The molecule has 29 heavy (non-hydrogen) atoms. The lowest BCUT2D eigenvalue weighted by molar-refractivity contribution is 0.104. The fourth-order valence-corrected chi connectivity index (χ4v) is 2.80. The van der Waals surface area contributed by atoms with Crippen molar-refractivity contribution in [2.45, 2.75) is 40.0 Å². The number of hydrogen-bond acceptors (Lipinski definition) is 4. The second-order valence-electron chi connectivity index (χ2n) is 7.36. The Morgan fingerprint density at radius 1 is 0.931 bits per heavy atom. The van der Waals surface area contributed by atoms with Crippen LogP contribution in [0.1, 0.15) is 55.1 Å². The summed E-state index contributed by atoms with van der Waals surface area (Å²) in [6.07, 6.45) is 9.58. The quantitative estimate of drug-likeness (QED) is 0.295. The number of aromatic hydroxyl groups is 3. The van der Waals surface area contributed by atoms with Gasteiger partial charge in [-0.05, 0) is 75.4 Å². The van der Waals surface area contributed by atoms with Crippen molar-refractivity contribution in [2.75, 3.05) is 0 Å². The number of carbonyl (C=O) groups excluding carboxylic acids is 1. The molecule has 2 aromatic carbocycles. The first kappa shape index (κ1) is 22.0. The smallest absolute Gasteiger partial charge is 0.189 e. The highest BCUT2D eigenvalue weighted by Crippen LogP contribution is 2.29. The van der Waals surface area contributed by atoms with E-state index in [0.717, 1.165) is 18.4 Å². The third-order valence-corrected chi connectivity index (χ3v) is 4.54. The molecule has 152 valence electrons. The molecular formula is C25H28O4. The Balaban J connectivity index is 2.14. The highest BCUT2D eigenvalue weighted by molar-refractivity contribution is 6.08. The van der Waals surface area contributed by atoms with Gasteiger partial charge in [0.2, 0.25) is 0 Å². The molecule has 0 radical (unpaired) electrons. The van der Waals surface area contributed by atoms with Crippen LogP contribution in [0.15, 0.2) is 65.8 Å². The van der Waals surface area contributed by atoms with Crippen LogP contribution in [0, 0.1) is 0 Å². The molecule has 0 saturated carbocycles. The second kappa shape index (κ2) is 10.3. The Kier molecular flexibility index (Phi) is 7.84. The summed E-state index contributed by atoms with van der Waals surface area (Å²) in [7, 11) is 0. The molecule has 0 heterocycles. The van der Waals surface area contributed by atoms with Crippen molar-refractivity contribution in [2.24, 2.45) is 0 Å². The lowest BCUT2D eigenvalue weighted by Crippen LogP contribution is -1.97. The SMILES string of the molecule is CC(C)=CCC/C(C)=C/Cc1cc(C(=O)/C=C/c2ccc(O)cc2)c(O)cc1O. The Labute approximate surface area is 172 Å². The van der Waals surface area contributed by atoms with Crippen molar-refractivity contribution >= 4 is 11.9 Å². The number of phenols is 3. The Hall–Kier alpha value is -3.27. The summed E-state index contributed by atoms with van der Waals surface area (Å²) in [5, 5.41) is 29.5. The monoisotopic (exact) mass is 392 g/mol. The average molecular weight is 392 g/mol. The maximum absolute atomic E-state index is 12.5. The first-order valence-corrected chi connectivity index (χ1v) is 9.61.